The molecule has 0 heterocycles. The second-order valence-corrected chi connectivity index (χ2v) is 8.69. The number of halogens is 2. The number of sulfonamides is 1. The van der Waals surface area contributed by atoms with Crippen LogP contribution >= 0.6 is 15.9 Å². The normalized spacial score (nSPS) is 21.7. The van der Waals surface area contributed by atoms with E-state index in [0.717, 1.165) is 19.3 Å². The number of nitrogens with one attached hydrogen (secondary N) is 1. The van der Waals surface area contributed by atoms with Gasteiger partial charge in [0.25, 0.3) is 0 Å². The van der Waals surface area contributed by atoms with E-state index in [0.29, 0.717) is 4.47 Å². The quantitative estimate of drug-likeness (QED) is 0.844. The molecule has 0 saturated heterocycles. The molecule has 1 saturated carbocycles. The topological polar surface area (TPSA) is 66.4 Å². The molecular weight excluding hydrogens is 361 g/mol. The third-order valence-electron chi connectivity index (χ3n) is 4.09. The molecule has 2 N–H and O–H groups in total. The van der Waals surface area contributed by atoms with Gasteiger partial charge in [-0.3, -0.25) is 0 Å². The second kappa shape index (κ2) is 5.95. The first-order valence-corrected chi connectivity index (χ1v) is 9.06. The SMILES string of the molecule is CC1(C)CCCC1NS(=O)(=O)c1cc(Br)cc(CO)c1F. The van der Waals surface area contributed by atoms with Gasteiger partial charge in [0.15, 0.2) is 0 Å². The van der Waals surface area contributed by atoms with Crippen LogP contribution in [-0.2, 0) is 16.6 Å². The molecule has 0 aliphatic heterocycles. The smallest absolute Gasteiger partial charge is 0.243 e. The third kappa shape index (κ3) is 3.47. The molecule has 1 unspecified atom stereocenters. The lowest BCUT2D eigenvalue weighted by molar-refractivity contribution is 0.274. The highest BCUT2D eigenvalue weighted by atomic mass is 79.9. The van der Waals surface area contributed by atoms with Crippen molar-refractivity contribution in [2.45, 2.75) is 50.7 Å². The number of hydrogen-bond acceptors (Lipinski definition) is 3. The Morgan fingerprint density at radius 2 is 2.14 bits per heavy atom. The van der Waals surface area contributed by atoms with E-state index < -0.39 is 27.3 Å². The zero-order valence-corrected chi connectivity index (χ0v) is 14.4. The molecule has 2 rings (SSSR count). The largest absolute Gasteiger partial charge is 0.392 e. The van der Waals surface area contributed by atoms with Crippen molar-refractivity contribution in [1.29, 1.82) is 0 Å². The maximum Gasteiger partial charge on any atom is 0.243 e. The summed E-state index contributed by atoms with van der Waals surface area (Å²) in [7, 11) is -3.97. The van der Waals surface area contributed by atoms with E-state index in [2.05, 4.69) is 20.7 Å². The molecule has 0 spiro atoms. The van der Waals surface area contributed by atoms with E-state index in [1.165, 1.54) is 12.1 Å². The zero-order chi connectivity index (χ0) is 15.8. The summed E-state index contributed by atoms with van der Waals surface area (Å²) in [6.45, 7) is 3.45. The van der Waals surface area contributed by atoms with Crippen LogP contribution in [0.2, 0.25) is 0 Å². The van der Waals surface area contributed by atoms with Crippen LogP contribution in [0.1, 0.15) is 38.7 Å². The van der Waals surface area contributed by atoms with Gasteiger partial charge >= 0.3 is 0 Å². The van der Waals surface area contributed by atoms with Crippen molar-refractivity contribution < 1.29 is 17.9 Å². The summed E-state index contributed by atoms with van der Waals surface area (Å²) in [6.07, 6.45) is 2.63. The summed E-state index contributed by atoms with van der Waals surface area (Å²) in [5, 5.41) is 9.12. The van der Waals surface area contributed by atoms with Crippen LogP contribution in [0.3, 0.4) is 0 Å². The van der Waals surface area contributed by atoms with Crippen LogP contribution in [0.4, 0.5) is 4.39 Å². The molecule has 0 amide bonds. The Hall–Kier alpha value is -0.500. The van der Waals surface area contributed by atoms with Gasteiger partial charge in [0, 0.05) is 16.1 Å². The molecule has 0 radical (unpaired) electrons. The van der Waals surface area contributed by atoms with Gasteiger partial charge < -0.3 is 5.11 Å². The van der Waals surface area contributed by atoms with Crippen molar-refractivity contribution in [2.24, 2.45) is 5.41 Å². The zero-order valence-electron chi connectivity index (χ0n) is 12.0. The lowest BCUT2D eigenvalue weighted by Crippen LogP contribution is -2.41. The van der Waals surface area contributed by atoms with E-state index in [1.807, 2.05) is 13.8 Å². The molecule has 1 aromatic rings. The Kier molecular flexibility index (Phi) is 4.78. The van der Waals surface area contributed by atoms with Crippen LogP contribution < -0.4 is 4.72 Å². The van der Waals surface area contributed by atoms with E-state index in [9.17, 15) is 12.8 Å². The lowest BCUT2D eigenvalue weighted by atomic mass is 9.88. The molecule has 7 heteroatoms. The van der Waals surface area contributed by atoms with Gasteiger partial charge in [-0.1, -0.05) is 36.2 Å². The molecule has 1 aliphatic rings. The number of rotatable bonds is 4. The fourth-order valence-electron chi connectivity index (χ4n) is 2.72. The monoisotopic (exact) mass is 379 g/mol. The molecule has 21 heavy (non-hydrogen) atoms. The van der Waals surface area contributed by atoms with E-state index >= 15 is 0 Å². The first kappa shape index (κ1) is 16.9. The first-order valence-electron chi connectivity index (χ1n) is 6.78. The molecular formula is C14H19BrFNO3S. The predicted octanol–water partition coefficient (Wildman–Crippen LogP) is 2.94. The third-order valence-corrected chi connectivity index (χ3v) is 6.02. The van der Waals surface area contributed by atoms with E-state index in [4.69, 9.17) is 5.11 Å². The van der Waals surface area contributed by atoms with Crippen molar-refractivity contribution in [1.82, 2.24) is 4.72 Å². The van der Waals surface area contributed by atoms with Gasteiger partial charge in [0.05, 0.1) is 6.61 Å². The van der Waals surface area contributed by atoms with E-state index in [-0.39, 0.29) is 17.0 Å². The highest BCUT2D eigenvalue weighted by Gasteiger charge is 2.38. The van der Waals surface area contributed by atoms with Crippen molar-refractivity contribution in [3.05, 3.63) is 28.0 Å². The summed E-state index contributed by atoms with van der Waals surface area (Å²) < 4.78 is 42.2. The fraction of sp³-hybridized carbons (Fsp3) is 0.571. The molecule has 4 nitrogen and oxygen atoms in total. The van der Waals surface area contributed by atoms with Crippen LogP contribution in [-0.4, -0.2) is 19.6 Å². The minimum Gasteiger partial charge on any atom is -0.392 e. The maximum atomic E-state index is 14.2. The Morgan fingerprint density at radius 1 is 1.48 bits per heavy atom. The fourth-order valence-corrected chi connectivity index (χ4v) is 4.97. The van der Waals surface area contributed by atoms with Gasteiger partial charge in [0.1, 0.15) is 10.7 Å². The predicted molar refractivity (Wildman–Crippen MR) is 81.8 cm³/mol. The standard InChI is InChI=1S/C14H19BrFNO3S/c1-14(2)5-3-4-12(14)17-21(19,20)11-7-10(15)6-9(8-18)13(11)16/h6-7,12,17-18H,3-5,8H2,1-2H3. The van der Waals surface area contributed by atoms with Crippen molar-refractivity contribution >= 4 is 26.0 Å². The summed E-state index contributed by atoms with van der Waals surface area (Å²) >= 11 is 3.15. The number of benzene rings is 1. The number of aliphatic hydroxyl groups is 1. The lowest BCUT2D eigenvalue weighted by Gasteiger charge is -2.27. The van der Waals surface area contributed by atoms with Gasteiger partial charge in [-0.2, -0.15) is 0 Å². The molecule has 1 aromatic carbocycles. The minimum atomic E-state index is -3.97. The summed E-state index contributed by atoms with van der Waals surface area (Å²) in [5.74, 6) is -0.899. The Balaban J connectivity index is 2.38. The average Bonchev–Trinajstić information content (AvgIpc) is 2.70. The Morgan fingerprint density at radius 3 is 2.67 bits per heavy atom. The molecule has 0 bridgehead atoms. The maximum absolute atomic E-state index is 14.2. The Labute approximate surface area is 132 Å². The Bertz CT molecular complexity index is 646. The highest BCUT2D eigenvalue weighted by Crippen LogP contribution is 2.38. The first-order chi connectivity index (χ1) is 9.67. The van der Waals surface area contributed by atoms with Crippen molar-refractivity contribution in [3.8, 4) is 0 Å². The summed E-state index contributed by atoms with van der Waals surface area (Å²) in [5.41, 5.74) is -0.189. The highest BCUT2D eigenvalue weighted by molar-refractivity contribution is 9.10. The van der Waals surface area contributed by atoms with Crippen molar-refractivity contribution in [2.75, 3.05) is 0 Å². The van der Waals surface area contributed by atoms with Crippen molar-refractivity contribution in [3.63, 3.8) is 0 Å². The molecule has 1 aliphatic carbocycles. The second-order valence-electron chi connectivity index (χ2n) is 6.09. The number of hydrogen-bond donors (Lipinski definition) is 2. The van der Waals surface area contributed by atoms with Crippen LogP contribution in [0.15, 0.2) is 21.5 Å². The van der Waals surface area contributed by atoms with Gasteiger partial charge in [-0.15, -0.1) is 0 Å². The minimum absolute atomic E-state index is 0.0459. The van der Waals surface area contributed by atoms with Crippen LogP contribution in [0.25, 0.3) is 0 Å². The van der Waals surface area contributed by atoms with Gasteiger partial charge in [-0.25, -0.2) is 17.5 Å². The molecule has 1 atom stereocenters. The molecule has 1 fully saturated rings. The summed E-state index contributed by atoms with van der Waals surface area (Å²) in [6, 6.07) is 2.38. The van der Waals surface area contributed by atoms with Gasteiger partial charge in [0.2, 0.25) is 10.0 Å². The molecule has 118 valence electrons. The average molecular weight is 380 g/mol. The molecule has 0 aromatic heterocycles. The van der Waals surface area contributed by atoms with Crippen LogP contribution in [0.5, 0.6) is 0 Å². The summed E-state index contributed by atoms with van der Waals surface area (Å²) in [4.78, 5) is -0.427. The van der Waals surface area contributed by atoms with Gasteiger partial charge in [-0.05, 0) is 30.4 Å². The van der Waals surface area contributed by atoms with E-state index in [1.54, 1.807) is 0 Å². The number of aliphatic hydroxyl groups excluding tert-OH is 1. The van der Waals surface area contributed by atoms with Crippen LogP contribution in [0, 0.1) is 11.2 Å².